The van der Waals surface area contributed by atoms with Gasteiger partial charge in [0, 0.05) is 5.56 Å². The number of para-hydroxylation sites is 1. The molecule has 17 heavy (non-hydrogen) atoms. The molecule has 2 aliphatic rings. The molecule has 4 nitrogen and oxygen atoms in total. The van der Waals surface area contributed by atoms with Gasteiger partial charge in [-0.25, -0.2) is 0 Å². The van der Waals surface area contributed by atoms with Crippen molar-refractivity contribution < 1.29 is 18.9 Å². The van der Waals surface area contributed by atoms with Crippen LogP contribution >= 0.6 is 0 Å². The molecule has 0 saturated carbocycles. The Kier molecular flexibility index (Phi) is 3.27. The van der Waals surface area contributed by atoms with Gasteiger partial charge >= 0.3 is 0 Å². The number of hydrogen-bond donors (Lipinski definition) is 0. The van der Waals surface area contributed by atoms with E-state index in [4.69, 9.17) is 18.9 Å². The number of ether oxygens (including phenoxy) is 4. The molecule has 0 bridgehead atoms. The molecule has 2 aliphatic heterocycles. The summed E-state index contributed by atoms with van der Waals surface area (Å²) < 4.78 is 21.5. The maximum absolute atomic E-state index is 5.70. The maximum Gasteiger partial charge on any atom is 0.124 e. The third kappa shape index (κ3) is 3.43. The summed E-state index contributed by atoms with van der Waals surface area (Å²) in [7, 11) is 0. The van der Waals surface area contributed by atoms with Crippen molar-refractivity contribution in [2.24, 2.45) is 0 Å². The molecule has 1 aromatic rings. The van der Waals surface area contributed by atoms with E-state index in [0.29, 0.717) is 25.9 Å². The van der Waals surface area contributed by atoms with E-state index in [1.54, 1.807) is 0 Å². The molecule has 1 aromatic carbocycles. The van der Waals surface area contributed by atoms with Crippen molar-refractivity contribution in [3.05, 3.63) is 29.8 Å². The van der Waals surface area contributed by atoms with Crippen molar-refractivity contribution >= 4 is 0 Å². The van der Waals surface area contributed by atoms with Crippen molar-refractivity contribution in [3.8, 4) is 5.75 Å². The topological polar surface area (TPSA) is 43.5 Å². The molecule has 92 valence electrons. The van der Waals surface area contributed by atoms with Gasteiger partial charge in [0.05, 0.1) is 26.4 Å². The van der Waals surface area contributed by atoms with Crippen LogP contribution in [0, 0.1) is 0 Å². The molecule has 2 fully saturated rings. The molecule has 0 amide bonds. The Morgan fingerprint density at radius 3 is 2.53 bits per heavy atom. The van der Waals surface area contributed by atoms with Gasteiger partial charge in [0.1, 0.15) is 24.6 Å². The molecule has 2 unspecified atom stereocenters. The molecule has 2 heterocycles. The van der Waals surface area contributed by atoms with Crippen LogP contribution in [-0.2, 0) is 20.8 Å². The van der Waals surface area contributed by atoms with Crippen molar-refractivity contribution in [1.29, 1.82) is 0 Å². The van der Waals surface area contributed by atoms with E-state index < -0.39 is 0 Å². The lowest BCUT2D eigenvalue weighted by Crippen LogP contribution is -2.07. The zero-order chi connectivity index (χ0) is 11.5. The Bertz CT molecular complexity index is 371. The van der Waals surface area contributed by atoms with Gasteiger partial charge in [-0.2, -0.15) is 0 Å². The average molecular weight is 236 g/mol. The lowest BCUT2D eigenvalue weighted by Gasteiger charge is -2.10. The summed E-state index contributed by atoms with van der Waals surface area (Å²) in [6.07, 6.45) is 0.590. The second-order valence-corrected chi connectivity index (χ2v) is 4.34. The van der Waals surface area contributed by atoms with Crippen molar-refractivity contribution in [1.82, 2.24) is 0 Å². The third-order valence-corrected chi connectivity index (χ3v) is 2.76. The van der Waals surface area contributed by atoms with Gasteiger partial charge in [-0.3, -0.25) is 0 Å². The van der Waals surface area contributed by atoms with Crippen LogP contribution in [0.5, 0.6) is 5.75 Å². The first-order chi connectivity index (χ1) is 8.42. The molecule has 0 aromatic heterocycles. The van der Waals surface area contributed by atoms with Gasteiger partial charge in [-0.15, -0.1) is 0 Å². The van der Waals surface area contributed by atoms with Crippen molar-refractivity contribution in [2.75, 3.05) is 26.4 Å². The third-order valence-electron chi connectivity index (χ3n) is 2.76. The fourth-order valence-electron chi connectivity index (χ4n) is 1.58. The van der Waals surface area contributed by atoms with E-state index in [2.05, 4.69) is 0 Å². The number of rotatable bonds is 7. The van der Waals surface area contributed by atoms with E-state index in [1.807, 2.05) is 24.3 Å². The summed E-state index contributed by atoms with van der Waals surface area (Å²) in [4.78, 5) is 0. The average Bonchev–Trinajstić information content (AvgIpc) is 3.23. The highest BCUT2D eigenvalue weighted by Gasteiger charge is 2.24. The predicted molar refractivity (Wildman–Crippen MR) is 61.1 cm³/mol. The highest BCUT2D eigenvalue weighted by atomic mass is 16.6. The van der Waals surface area contributed by atoms with Crippen LogP contribution in [0.4, 0.5) is 0 Å². The molecule has 3 rings (SSSR count). The molecule has 0 N–H and O–H groups in total. The monoisotopic (exact) mass is 236 g/mol. The maximum atomic E-state index is 5.70. The fraction of sp³-hybridized carbons (Fsp3) is 0.538. The Balaban J connectivity index is 1.52. The summed E-state index contributed by atoms with van der Waals surface area (Å²) in [5, 5.41) is 0. The molecule has 0 spiro atoms. The highest BCUT2D eigenvalue weighted by Crippen LogP contribution is 2.21. The van der Waals surface area contributed by atoms with Gasteiger partial charge in [-0.05, 0) is 6.07 Å². The van der Waals surface area contributed by atoms with E-state index in [9.17, 15) is 0 Å². The van der Waals surface area contributed by atoms with Gasteiger partial charge in [-0.1, -0.05) is 18.2 Å². The van der Waals surface area contributed by atoms with Crippen LogP contribution in [0.1, 0.15) is 5.56 Å². The molecular formula is C13H16O4. The lowest BCUT2D eigenvalue weighted by atomic mass is 10.2. The second-order valence-electron chi connectivity index (χ2n) is 4.34. The summed E-state index contributed by atoms with van der Waals surface area (Å²) in [5.41, 5.74) is 1.08. The van der Waals surface area contributed by atoms with Crippen LogP contribution in [0.3, 0.4) is 0 Å². The van der Waals surface area contributed by atoms with Crippen LogP contribution in [0.25, 0.3) is 0 Å². The Morgan fingerprint density at radius 1 is 1.06 bits per heavy atom. The Labute approximate surface area is 100 Å². The van der Waals surface area contributed by atoms with Crippen LogP contribution in [0.2, 0.25) is 0 Å². The summed E-state index contributed by atoms with van der Waals surface area (Å²) in [5.74, 6) is 0.889. The Hall–Kier alpha value is -1.10. The number of benzene rings is 1. The van der Waals surface area contributed by atoms with E-state index in [0.717, 1.165) is 24.5 Å². The van der Waals surface area contributed by atoms with Gasteiger partial charge in [0.15, 0.2) is 0 Å². The summed E-state index contributed by atoms with van der Waals surface area (Å²) >= 11 is 0. The van der Waals surface area contributed by atoms with Gasteiger partial charge < -0.3 is 18.9 Å². The van der Waals surface area contributed by atoms with Gasteiger partial charge in [0.25, 0.3) is 0 Å². The largest absolute Gasteiger partial charge is 0.490 e. The number of epoxide rings is 2. The van der Waals surface area contributed by atoms with Crippen molar-refractivity contribution in [2.45, 2.75) is 18.8 Å². The van der Waals surface area contributed by atoms with E-state index >= 15 is 0 Å². The minimum Gasteiger partial charge on any atom is -0.490 e. The molecule has 0 radical (unpaired) electrons. The van der Waals surface area contributed by atoms with Gasteiger partial charge in [0.2, 0.25) is 0 Å². The second kappa shape index (κ2) is 5.04. The SMILES string of the molecule is c1ccc(OCC2CO2)c(COCC2CO2)c1. The zero-order valence-corrected chi connectivity index (χ0v) is 9.63. The van der Waals surface area contributed by atoms with Crippen LogP contribution < -0.4 is 4.74 Å². The molecule has 4 heteroatoms. The zero-order valence-electron chi connectivity index (χ0n) is 9.63. The summed E-state index contributed by atoms with van der Waals surface area (Å²) in [6.45, 7) is 3.51. The minimum atomic E-state index is 0.281. The quantitative estimate of drug-likeness (QED) is 0.671. The van der Waals surface area contributed by atoms with Crippen LogP contribution in [-0.4, -0.2) is 38.6 Å². The minimum absolute atomic E-state index is 0.281. The highest BCUT2D eigenvalue weighted by molar-refractivity contribution is 5.32. The number of hydrogen-bond acceptors (Lipinski definition) is 4. The summed E-state index contributed by atoms with van der Waals surface area (Å²) in [6, 6.07) is 7.95. The lowest BCUT2D eigenvalue weighted by molar-refractivity contribution is 0.102. The smallest absolute Gasteiger partial charge is 0.124 e. The van der Waals surface area contributed by atoms with E-state index in [1.165, 1.54) is 0 Å². The molecular weight excluding hydrogens is 220 g/mol. The standard InChI is InChI=1S/C13H16O4/c1-2-4-13(17-9-12-8-16-12)10(3-1)5-14-6-11-7-15-11/h1-4,11-12H,5-9H2. The Morgan fingerprint density at radius 2 is 1.76 bits per heavy atom. The predicted octanol–water partition coefficient (Wildman–Crippen LogP) is 1.38. The first kappa shape index (κ1) is 11.0. The van der Waals surface area contributed by atoms with Crippen LogP contribution in [0.15, 0.2) is 24.3 Å². The first-order valence-corrected chi connectivity index (χ1v) is 5.93. The fourth-order valence-corrected chi connectivity index (χ4v) is 1.58. The molecule has 0 aliphatic carbocycles. The molecule has 2 atom stereocenters. The van der Waals surface area contributed by atoms with Crippen molar-refractivity contribution in [3.63, 3.8) is 0 Å². The van der Waals surface area contributed by atoms with E-state index in [-0.39, 0.29) is 6.10 Å². The molecule has 2 saturated heterocycles. The normalized spacial score (nSPS) is 25.6. The first-order valence-electron chi connectivity index (χ1n) is 5.93.